The van der Waals surface area contributed by atoms with E-state index in [0.717, 1.165) is 5.69 Å². The zero-order chi connectivity index (χ0) is 9.68. The highest BCUT2D eigenvalue weighted by Gasteiger charge is 2.00. The number of aromatic nitrogens is 2. The third kappa shape index (κ3) is 2.48. The molecule has 0 aliphatic carbocycles. The first-order valence-electron chi connectivity index (χ1n) is 3.87. The van der Waals surface area contributed by atoms with Gasteiger partial charge >= 0.3 is 0 Å². The van der Waals surface area contributed by atoms with Gasteiger partial charge in [-0.05, 0) is 0 Å². The van der Waals surface area contributed by atoms with Crippen molar-refractivity contribution < 1.29 is 9.90 Å². The van der Waals surface area contributed by atoms with Crippen molar-refractivity contribution in [1.29, 1.82) is 0 Å². The van der Waals surface area contributed by atoms with E-state index in [-0.39, 0.29) is 12.4 Å². The van der Waals surface area contributed by atoms with Gasteiger partial charge in [0.2, 0.25) is 0 Å². The average Bonchev–Trinajstić information content (AvgIpc) is 2.18. The maximum Gasteiger partial charge on any atom is 0.192 e. The third-order valence-corrected chi connectivity index (χ3v) is 1.64. The molecule has 1 rings (SSSR count). The minimum Gasteiger partial charge on any atom is -0.395 e. The number of hydrogen-bond donors (Lipinski definition) is 1. The molecule has 0 aromatic carbocycles. The Morgan fingerprint density at radius 1 is 1.54 bits per heavy atom. The second-order valence-corrected chi connectivity index (χ2v) is 2.56. The van der Waals surface area contributed by atoms with E-state index < -0.39 is 0 Å². The van der Waals surface area contributed by atoms with Crippen LogP contribution in [0.1, 0.15) is 10.6 Å². The van der Waals surface area contributed by atoms with E-state index in [1.54, 1.807) is 17.3 Å². The van der Waals surface area contributed by atoms with Crippen LogP contribution in [0.2, 0.25) is 0 Å². The number of anilines is 1. The summed E-state index contributed by atoms with van der Waals surface area (Å²) in [5.41, 5.74) is 0.777. The van der Waals surface area contributed by atoms with Crippen LogP contribution in [0.5, 0.6) is 0 Å². The van der Waals surface area contributed by atoms with Gasteiger partial charge in [-0.25, -0.2) is 9.97 Å². The average molecular weight is 181 g/mol. The van der Waals surface area contributed by atoms with Crippen LogP contribution in [0.4, 0.5) is 5.69 Å². The SMILES string of the molecule is CN(CCO)c1cnc(C=O)nc1. The van der Waals surface area contributed by atoms with E-state index in [1.165, 1.54) is 0 Å². The summed E-state index contributed by atoms with van der Waals surface area (Å²) in [7, 11) is 1.81. The van der Waals surface area contributed by atoms with Crippen LogP contribution in [-0.4, -0.2) is 41.6 Å². The van der Waals surface area contributed by atoms with E-state index in [4.69, 9.17) is 5.11 Å². The molecule has 1 aromatic rings. The molecule has 0 radical (unpaired) electrons. The van der Waals surface area contributed by atoms with Crippen LogP contribution in [-0.2, 0) is 0 Å². The molecule has 0 unspecified atom stereocenters. The van der Waals surface area contributed by atoms with Crippen LogP contribution in [0, 0.1) is 0 Å². The Morgan fingerprint density at radius 3 is 2.62 bits per heavy atom. The third-order valence-electron chi connectivity index (χ3n) is 1.64. The highest BCUT2D eigenvalue weighted by molar-refractivity contribution is 5.68. The molecule has 0 saturated carbocycles. The number of hydrogen-bond acceptors (Lipinski definition) is 5. The summed E-state index contributed by atoms with van der Waals surface area (Å²) >= 11 is 0. The van der Waals surface area contributed by atoms with Crippen LogP contribution < -0.4 is 4.90 Å². The van der Waals surface area contributed by atoms with E-state index in [2.05, 4.69) is 9.97 Å². The van der Waals surface area contributed by atoms with Gasteiger partial charge in [0.05, 0.1) is 24.7 Å². The fraction of sp³-hybridized carbons (Fsp3) is 0.375. The molecule has 0 aliphatic rings. The highest BCUT2D eigenvalue weighted by Crippen LogP contribution is 2.07. The Bertz CT molecular complexity index is 273. The topological polar surface area (TPSA) is 66.3 Å². The lowest BCUT2D eigenvalue weighted by Gasteiger charge is -2.16. The number of carbonyl (C=O) groups excluding carboxylic acids is 1. The van der Waals surface area contributed by atoms with Gasteiger partial charge in [0.1, 0.15) is 0 Å². The zero-order valence-corrected chi connectivity index (χ0v) is 7.34. The van der Waals surface area contributed by atoms with E-state index >= 15 is 0 Å². The Hall–Kier alpha value is -1.49. The second kappa shape index (κ2) is 4.51. The van der Waals surface area contributed by atoms with E-state index in [0.29, 0.717) is 12.8 Å². The Labute approximate surface area is 76.0 Å². The van der Waals surface area contributed by atoms with Crippen molar-refractivity contribution >= 4 is 12.0 Å². The van der Waals surface area contributed by atoms with Gasteiger partial charge in [-0.1, -0.05) is 0 Å². The van der Waals surface area contributed by atoms with Crippen LogP contribution in [0.3, 0.4) is 0 Å². The monoisotopic (exact) mass is 181 g/mol. The minimum absolute atomic E-state index is 0.0753. The number of aliphatic hydroxyl groups is 1. The summed E-state index contributed by atoms with van der Waals surface area (Å²) in [5.74, 6) is 0.168. The van der Waals surface area contributed by atoms with E-state index in [9.17, 15) is 4.79 Å². The molecule has 1 N–H and O–H groups in total. The van der Waals surface area contributed by atoms with Crippen molar-refractivity contribution in [2.45, 2.75) is 0 Å². The maximum absolute atomic E-state index is 10.2. The first-order chi connectivity index (χ1) is 6.27. The molecule has 1 heterocycles. The van der Waals surface area contributed by atoms with Crippen molar-refractivity contribution in [3.8, 4) is 0 Å². The molecule has 5 heteroatoms. The first kappa shape index (κ1) is 9.60. The highest BCUT2D eigenvalue weighted by atomic mass is 16.3. The molecule has 0 spiro atoms. The van der Waals surface area contributed by atoms with Gasteiger partial charge in [-0.15, -0.1) is 0 Å². The van der Waals surface area contributed by atoms with Crippen molar-refractivity contribution in [3.05, 3.63) is 18.2 Å². The molecule has 70 valence electrons. The molecular formula is C8H11N3O2. The summed E-state index contributed by atoms with van der Waals surface area (Å²) in [6.07, 6.45) is 3.69. The van der Waals surface area contributed by atoms with Gasteiger partial charge in [0.25, 0.3) is 0 Å². The number of aliphatic hydroxyl groups excluding tert-OH is 1. The number of aldehydes is 1. The van der Waals surface area contributed by atoms with Crippen molar-refractivity contribution in [1.82, 2.24) is 9.97 Å². The van der Waals surface area contributed by atoms with Crippen LogP contribution in [0.25, 0.3) is 0 Å². The molecule has 1 aromatic heterocycles. The predicted molar refractivity (Wildman–Crippen MR) is 47.8 cm³/mol. The van der Waals surface area contributed by atoms with Gasteiger partial charge in [-0.2, -0.15) is 0 Å². The Morgan fingerprint density at radius 2 is 2.15 bits per heavy atom. The molecule has 0 saturated heterocycles. The quantitative estimate of drug-likeness (QED) is 0.647. The number of likely N-dealkylation sites (N-methyl/N-ethyl adjacent to an activating group) is 1. The van der Waals surface area contributed by atoms with Gasteiger partial charge < -0.3 is 10.0 Å². The lowest BCUT2D eigenvalue weighted by Crippen LogP contribution is -2.21. The van der Waals surface area contributed by atoms with E-state index in [1.807, 2.05) is 7.05 Å². The smallest absolute Gasteiger partial charge is 0.192 e. The Kier molecular flexibility index (Phi) is 3.33. The summed E-state index contributed by atoms with van der Waals surface area (Å²) in [6.45, 7) is 0.593. The van der Waals surface area contributed by atoms with Gasteiger partial charge in [0.15, 0.2) is 12.1 Å². The fourth-order valence-corrected chi connectivity index (χ4v) is 0.868. The standard InChI is InChI=1S/C8H11N3O2/c1-11(2-3-12)7-4-9-8(6-13)10-5-7/h4-6,12H,2-3H2,1H3. The molecule has 0 atom stereocenters. The molecule has 0 fully saturated rings. The summed E-state index contributed by atoms with van der Waals surface area (Å²) in [4.78, 5) is 19.6. The molecule has 0 aliphatic heterocycles. The predicted octanol–water partition coefficient (Wildman–Crippen LogP) is -0.282. The van der Waals surface area contributed by atoms with Crippen molar-refractivity contribution in [2.75, 3.05) is 25.1 Å². The second-order valence-electron chi connectivity index (χ2n) is 2.56. The Balaban J connectivity index is 2.73. The molecular weight excluding hydrogens is 170 g/mol. The first-order valence-corrected chi connectivity index (χ1v) is 3.87. The van der Waals surface area contributed by atoms with Gasteiger partial charge in [0, 0.05) is 13.6 Å². The van der Waals surface area contributed by atoms with Crippen LogP contribution in [0.15, 0.2) is 12.4 Å². The molecule has 0 bridgehead atoms. The minimum atomic E-state index is 0.0753. The number of nitrogens with zero attached hydrogens (tertiary/aromatic N) is 3. The fourth-order valence-electron chi connectivity index (χ4n) is 0.868. The normalized spacial score (nSPS) is 9.69. The van der Waals surface area contributed by atoms with Crippen molar-refractivity contribution in [2.24, 2.45) is 0 Å². The number of carbonyl (C=O) groups is 1. The lowest BCUT2D eigenvalue weighted by molar-refractivity contribution is 0.111. The lowest BCUT2D eigenvalue weighted by atomic mass is 10.4. The number of rotatable bonds is 4. The molecule has 5 nitrogen and oxygen atoms in total. The van der Waals surface area contributed by atoms with Gasteiger partial charge in [-0.3, -0.25) is 4.79 Å². The van der Waals surface area contributed by atoms with Crippen LogP contribution >= 0.6 is 0 Å². The largest absolute Gasteiger partial charge is 0.395 e. The van der Waals surface area contributed by atoms with Crippen molar-refractivity contribution in [3.63, 3.8) is 0 Å². The molecule has 0 amide bonds. The summed E-state index contributed by atoms with van der Waals surface area (Å²) in [6, 6.07) is 0. The molecule has 13 heavy (non-hydrogen) atoms. The zero-order valence-electron chi connectivity index (χ0n) is 7.34. The maximum atomic E-state index is 10.2. The summed E-state index contributed by atoms with van der Waals surface area (Å²) in [5, 5.41) is 8.66. The summed E-state index contributed by atoms with van der Waals surface area (Å²) < 4.78 is 0.